The standard InChI is InChI=1S/C3H6O.C2H6.CH4S.Y/c1-3-2-4-3;2*1-2;/h3H,2H2,1H3;1-2H3;2H,1H3;. The van der Waals surface area contributed by atoms with Gasteiger partial charge in [0.2, 0.25) is 0 Å². The minimum Gasteiger partial charge on any atom is -0.373 e. The van der Waals surface area contributed by atoms with Gasteiger partial charge in [-0.1, -0.05) is 13.8 Å². The van der Waals surface area contributed by atoms with Crippen molar-refractivity contribution in [1.29, 1.82) is 0 Å². The van der Waals surface area contributed by atoms with Crippen molar-refractivity contribution in [2.45, 2.75) is 26.9 Å². The van der Waals surface area contributed by atoms with Gasteiger partial charge < -0.3 is 4.74 Å². The second-order valence-corrected chi connectivity index (χ2v) is 1.14. The molecule has 0 aromatic carbocycles. The fourth-order valence-corrected chi connectivity index (χ4v) is 0.0962. The monoisotopic (exact) mass is 225 g/mol. The van der Waals surface area contributed by atoms with Crippen molar-refractivity contribution in [3.8, 4) is 0 Å². The number of ether oxygens (including phenoxy) is 1. The van der Waals surface area contributed by atoms with Gasteiger partial charge in [0.05, 0.1) is 12.7 Å². The average molecular weight is 225 g/mol. The molecule has 0 amide bonds. The SMILES string of the molecule is CC.CC1CO1.CS.[Y]. The smallest absolute Gasteiger partial charge is 0.0781 e. The molecule has 0 aromatic rings. The first-order valence-electron chi connectivity index (χ1n) is 2.96. The normalized spacial score (nSPS) is 19.0. The Bertz CT molecular complexity index is 32.2. The molecule has 1 aliphatic heterocycles. The summed E-state index contributed by atoms with van der Waals surface area (Å²) in [6.07, 6.45) is 2.28. The van der Waals surface area contributed by atoms with Crippen LogP contribution in [0, 0.1) is 0 Å². The van der Waals surface area contributed by atoms with E-state index >= 15 is 0 Å². The molecule has 1 saturated heterocycles. The van der Waals surface area contributed by atoms with E-state index in [1.165, 1.54) is 0 Å². The Morgan fingerprint density at radius 3 is 1.44 bits per heavy atom. The van der Waals surface area contributed by atoms with Crippen molar-refractivity contribution in [1.82, 2.24) is 0 Å². The summed E-state index contributed by atoms with van der Waals surface area (Å²) in [7, 11) is 0. The summed E-state index contributed by atoms with van der Waals surface area (Å²) in [5.74, 6) is 0. The molecule has 0 spiro atoms. The second kappa shape index (κ2) is 16.2. The Hall–Kier alpha value is 1.41. The summed E-state index contributed by atoms with van der Waals surface area (Å²) in [6, 6.07) is 0. The average Bonchev–Trinajstić information content (AvgIpc) is 2.62. The molecule has 1 radical (unpaired) electrons. The number of thiol groups is 1. The van der Waals surface area contributed by atoms with E-state index in [-0.39, 0.29) is 32.7 Å². The van der Waals surface area contributed by atoms with Crippen LogP contribution < -0.4 is 0 Å². The molecule has 1 unspecified atom stereocenters. The zero-order chi connectivity index (χ0) is 6.99. The van der Waals surface area contributed by atoms with Crippen LogP contribution in [-0.2, 0) is 37.4 Å². The van der Waals surface area contributed by atoms with Gasteiger partial charge in [-0.3, -0.25) is 0 Å². The van der Waals surface area contributed by atoms with Gasteiger partial charge in [0, 0.05) is 32.7 Å². The number of epoxide rings is 1. The molecule has 0 aromatic heterocycles. The van der Waals surface area contributed by atoms with E-state index in [0.29, 0.717) is 6.10 Å². The third-order valence-electron chi connectivity index (χ3n) is 0.500. The van der Waals surface area contributed by atoms with Crippen LogP contribution in [0.5, 0.6) is 0 Å². The van der Waals surface area contributed by atoms with E-state index in [2.05, 4.69) is 19.6 Å². The Kier molecular flexibility index (Phi) is 30.2. The number of rotatable bonds is 0. The molecule has 1 fully saturated rings. The zero-order valence-corrected chi connectivity index (χ0v) is 10.4. The van der Waals surface area contributed by atoms with E-state index in [9.17, 15) is 0 Å². The molecule has 1 heterocycles. The topological polar surface area (TPSA) is 12.5 Å². The summed E-state index contributed by atoms with van der Waals surface area (Å²) in [6.45, 7) is 7.04. The molecule has 0 N–H and O–H groups in total. The third-order valence-corrected chi connectivity index (χ3v) is 0.500. The van der Waals surface area contributed by atoms with Gasteiger partial charge in [-0.25, -0.2) is 0 Å². The molecule has 1 atom stereocenters. The Morgan fingerprint density at radius 1 is 1.33 bits per heavy atom. The quantitative estimate of drug-likeness (QED) is 0.491. The maximum atomic E-state index is 4.71. The van der Waals surface area contributed by atoms with E-state index in [1.54, 1.807) is 6.26 Å². The third kappa shape index (κ3) is 26.6. The van der Waals surface area contributed by atoms with Crippen LogP contribution in [0.25, 0.3) is 0 Å². The molecule has 1 rings (SSSR count). The summed E-state index contributed by atoms with van der Waals surface area (Å²) < 4.78 is 4.71. The Labute approximate surface area is 89.2 Å². The predicted octanol–water partition coefficient (Wildman–Crippen LogP) is 1.97. The molecule has 0 aliphatic carbocycles. The summed E-state index contributed by atoms with van der Waals surface area (Å²) in [5, 5.41) is 0. The molecular formula is C6H16OSY. The Morgan fingerprint density at radius 2 is 1.44 bits per heavy atom. The first-order valence-corrected chi connectivity index (χ1v) is 3.85. The van der Waals surface area contributed by atoms with Crippen LogP contribution in [0.4, 0.5) is 0 Å². The van der Waals surface area contributed by atoms with Crippen LogP contribution in [0.1, 0.15) is 20.8 Å². The van der Waals surface area contributed by atoms with E-state index in [4.69, 9.17) is 4.74 Å². The Balaban J connectivity index is -0.0000000651. The molecule has 0 saturated carbocycles. The van der Waals surface area contributed by atoms with Crippen molar-refractivity contribution < 1.29 is 37.4 Å². The van der Waals surface area contributed by atoms with Gasteiger partial charge >= 0.3 is 0 Å². The molecule has 9 heavy (non-hydrogen) atoms. The summed E-state index contributed by atoms with van der Waals surface area (Å²) in [5.41, 5.74) is 0. The van der Waals surface area contributed by atoms with E-state index in [0.717, 1.165) is 6.61 Å². The van der Waals surface area contributed by atoms with Crippen molar-refractivity contribution in [3.63, 3.8) is 0 Å². The first kappa shape index (κ1) is 16.8. The van der Waals surface area contributed by atoms with Gasteiger partial charge in [-0.2, -0.15) is 12.6 Å². The van der Waals surface area contributed by atoms with Gasteiger partial charge in [0.1, 0.15) is 0 Å². The summed E-state index contributed by atoms with van der Waals surface area (Å²) in [4.78, 5) is 0. The second-order valence-electron chi connectivity index (χ2n) is 1.14. The fourth-order valence-electron chi connectivity index (χ4n) is 0.0962. The largest absolute Gasteiger partial charge is 0.373 e. The molecule has 55 valence electrons. The van der Waals surface area contributed by atoms with Crippen LogP contribution in [0.2, 0.25) is 0 Å². The molecule has 3 heteroatoms. The fraction of sp³-hybridized carbons (Fsp3) is 1.00. The minimum absolute atomic E-state index is 0. The molecule has 1 aliphatic rings. The predicted molar refractivity (Wildman–Crippen MR) is 41.7 cm³/mol. The zero-order valence-electron chi connectivity index (χ0n) is 6.72. The first-order chi connectivity index (χ1) is 3.89. The van der Waals surface area contributed by atoms with Gasteiger partial charge in [0.25, 0.3) is 0 Å². The van der Waals surface area contributed by atoms with Crippen molar-refractivity contribution in [2.24, 2.45) is 0 Å². The van der Waals surface area contributed by atoms with Gasteiger partial charge in [-0.15, -0.1) is 0 Å². The van der Waals surface area contributed by atoms with Crippen LogP contribution in [0.15, 0.2) is 0 Å². The minimum atomic E-state index is 0. The van der Waals surface area contributed by atoms with Crippen LogP contribution >= 0.6 is 12.6 Å². The molecule has 1 nitrogen and oxygen atoms in total. The maximum Gasteiger partial charge on any atom is 0.0781 e. The van der Waals surface area contributed by atoms with Crippen molar-refractivity contribution in [3.05, 3.63) is 0 Å². The van der Waals surface area contributed by atoms with Gasteiger partial charge in [-0.05, 0) is 13.2 Å². The number of hydrogen-bond acceptors (Lipinski definition) is 2. The van der Waals surface area contributed by atoms with Crippen molar-refractivity contribution in [2.75, 3.05) is 12.9 Å². The van der Waals surface area contributed by atoms with Gasteiger partial charge in [0.15, 0.2) is 0 Å². The van der Waals surface area contributed by atoms with Crippen LogP contribution in [-0.4, -0.2) is 19.0 Å². The molecular weight excluding hydrogens is 209 g/mol. The maximum absolute atomic E-state index is 4.71. The number of hydrogen-bond donors (Lipinski definition) is 1. The van der Waals surface area contributed by atoms with Crippen molar-refractivity contribution >= 4 is 12.6 Å². The van der Waals surface area contributed by atoms with Crippen LogP contribution in [0.3, 0.4) is 0 Å². The molecule has 0 bridgehead atoms. The van der Waals surface area contributed by atoms with E-state index in [1.807, 2.05) is 13.8 Å². The summed E-state index contributed by atoms with van der Waals surface area (Å²) >= 11 is 3.53. The van der Waals surface area contributed by atoms with E-state index < -0.39 is 0 Å².